The molecule has 5 nitrogen and oxygen atoms in total. The molecule has 2 rings (SSSR count). The molecule has 1 aromatic heterocycles. The first-order chi connectivity index (χ1) is 8.99. The number of aromatic nitrogens is 2. The highest BCUT2D eigenvalue weighted by Crippen LogP contribution is 2.33. The first-order valence-electron chi connectivity index (χ1n) is 6.92. The third-order valence-electron chi connectivity index (χ3n) is 3.83. The number of carbonyl (C=O) groups excluding carboxylic acids is 1. The van der Waals surface area contributed by atoms with Crippen LogP contribution < -0.4 is 10.1 Å². The summed E-state index contributed by atoms with van der Waals surface area (Å²) in [5, 5.41) is 7.25. The van der Waals surface area contributed by atoms with Crippen molar-refractivity contribution in [3.8, 4) is 5.88 Å². The molecule has 0 aliphatic carbocycles. The summed E-state index contributed by atoms with van der Waals surface area (Å²) in [6.45, 7) is 10.2. The lowest BCUT2D eigenvalue weighted by Gasteiger charge is -2.26. The number of amides is 1. The zero-order chi connectivity index (χ0) is 14.0. The Labute approximate surface area is 114 Å². The summed E-state index contributed by atoms with van der Waals surface area (Å²) >= 11 is 0. The lowest BCUT2D eigenvalue weighted by Crippen LogP contribution is -2.36. The van der Waals surface area contributed by atoms with E-state index in [9.17, 15) is 4.79 Å². The molecular weight excluding hydrogens is 242 g/mol. The van der Waals surface area contributed by atoms with Crippen molar-refractivity contribution < 1.29 is 9.53 Å². The zero-order valence-corrected chi connectivity index (χ0v) is 12.1. The van der Waals surface area contributed by atoms with Crippen LogP contribution in [0.15, 0.2) is 6.20 Å². The predicted octanol–water partition coefficient (Wildman–Crippen LogP) is 1.79. The molecule has 0 bridgehead atoms. The molecule has 1 aliphatic rings. The van der Waals surface area contributed by atoms with E-state index in [0.717, 1.165) is 12.4 Å². The number of rotatable bonds is 4. The molecule has 0 fully saturated rings. The second kappa shape index (κ2) is 5.63. The number of nitrogens with zero attached hydrogens (tertiary/aromatic N) is 2. The molecule has 5 heteroatoms. The third kappa shape index (κ3) is 3.08. The minimum atomic E-state index is 0.000353. The van der Waals surface area contributed by atoms with E-state index in [4.69, 9.17) is 4.74 Å². The van der Waals surface area contributed by atoms with Gasteiger partial charge in [0.05, 0.1) is 19.3 Å². The van der Waals surface area contributed by atoms with Crippen LogP contribution in [0.3, 0.4) is 0 Å². The molecular formula is C14H23N3O2. The summed E-state index contributed by atoms with van der Waals surface area (Å²) in [4.78, 5) is 10.9. The highest BCUT2D eigenvalue weighted by Gasteiger charge is 2.26. The summed E-state index contributed by atoms with van der Waals surface area (Å²) in [6, 6.07) is 0. The van der Waals surface area contributed by atoms with Crippen molar-refractivity contribution >= 4 is 5.91 Å². The van der Waals surface area contributed by atoms with E-state index >= 15 is 0 Å². The van der Waals surface area contributed by atoms with Crippen LogP contribution in [0.2, 0.25) is 0 Å². The molecule has 0 saturated heterocycles. The topological polar surface area (TPSA) is 56.1 Å². The predicted molar refractivity (Wildman–Crippen MR) is 73.1 cm³/mol. The Balaban J connectivity index is 2.05. The van der Waals surface area contributed by atoms with Gasteiger partial charge in [0, 0.05) is 24.9 Å². The van der Waals surface area contributed by atoms with Gasteiger partial charge in [0.25, 0.3) is 0 Å². The van der Waals surface area contributed by atoms with Gasteiger partial charge >= 0.3 is 0 Å². The molecule has 106 valence electrons. The van der Waals surface area contributed by atoms with Crippen LogP contribution in [0, 0.1) is 11.8 Å². The van der Waals surface area contributed by atoms with Gasteiger partial charge in [-0.3, -0.25) is 4.79 Å². The largest absolute Gasteiger partial charge is 0.477 e. The van der Waals surface area contributed by atoms with Gasteiger partial charge in [0.15, 0.2) is 0 Å². The van der Waals surface area contributed by atoms with Gasteiger partial charge in [-0.15, -0.1) is 0 Å². The van der Waals surface area contributed by atoms with Crippen molar-refractivity contribution in [1.29, 1.82) is 0 Å². The maximum atomic E-state index is 10.9. The molecule has 0 radical (unpaired) electrons. The van der Waals surface area contributed by atoms with Crippen molar-refractivity contribution in [2.45, 2.75) is 40.2 Å². The van der Waals surface area contributed by atoms with Gasteiger partial charge in [0.2, 0.25) is 11.8 Å². The summed E-state index contributed by atoms with van der Waals surface area (Å²) in [6.07, 6.45) is 1.92. The Kier molecular flexibility index (Phi) is 4.12. The van der Waals surface area contributed by atoms with Gasteiger partial charge in [-0.25, -0.2) is 4.68 Å². The van der Waals surface area contributed by atoms with Gasteiger partial charge < -0.3 is 10.1 Å². The molecule has 2 atom stereocenters. The first kappa shape index (κ1) is 13.9. The summed E-state index contributed by atoms with van der Waals surface area (Å²) in [7, 11) is 0. The normalized spacial score (nSPS) is 19.7. The van der Waals surface area contributed by atoms with E-state index in [1.54, 1.807) is 0 Å². The van der Waals surface area contributed by atoms with E-state index in [1.165, 1.54) is 12.5 Å². The fourth-order valence-corrected chi connectivity index (χ4v) is 2.25. The second-order valence-electron chi connectivity index (χ2n) is 5.73. The van der Waals surface area contributed by atoms with Gasteiger partial charge in [-0.05, 0) is 11.8 Å². The van der Waals surface area contributed by atoms with E-state index in [1.807, 2.05) is 10.9 Å². The highest BCUT2D eigenvalue weighted by atomic mass is 16.5. The van der Waals surface area contributed by atoms with Crippen molar-refractivity contribution in [1.82, 2.24) is 15.1 Å². The number of carbonyl (C=O) groups is 1. The lowest BCUT2D eigenvalue weighted by molar-refractivity contribution is -0.119. The van der Waals surface area contributed by atoms with E-state index in [-0.39, 0.29) is 5.91 Å². The van der Waals surface area contributed by atoms with Crippen LogP contribution in [0.5, 0.6) is 5.88 Å². The molecule has 0 spiro atoms. The van der Waals surface area contributed by atoms with Crippen molar-refractivity contribution in [2.24, 2.45) is 11.8 Å². The summed E-state index contributed by atoms with van der Waals surface area (Å²) < 4.78 is 7.78. The Morgan fingerprint density at radius 3 is 2.95 bits per heavy atom. The number of fused-ring (bicyclic) bond motifs is 1. The average Bonchev–Trinajstić information content (AvgIpc) is 2.78. The van der Waals surface area contributed by atoms with Crippen LogP contribution in [-0.4, -0.2) is 28.8 Å². The summed E-state index contributed by atoms with van der Waals surface area (Å²) in [5.74, 6) is 2.20. The maximum absolute atomic E-state index is 10.9. The monoisotopic (exact) mass is 265 g/mol. The van der Waals surface area contributed by atoms with Crippen molar-refractivity contribution in [3.63, 3.8) is 0 Å². The number of hydrogen-bond donors (Lipinski definition) is 1. The zero-order valence-electron chi connectivity index (χ0n) is 12.1. The van der Waals surface area contributed by atoms with Crippen LogP contribution in [0.25, 0.3) is 0 Å². The molecule has 19 heavy (non-hydrogen) atoms. The fraction of sp³-hybridized carbons (Fsp3) is 0.714. The maximum Gasteiger partial charge on any atom is 0.216 e. The van der Waals surface area contributed by atoms with Gasteiger partial charge in [0.1, 0.15) is 0 Å². The van der Waals surface area contributed by atoms with E-state index in [0.29, 0.717) is 30.9 Å². The molecule has 2 heterocycles. The Hall–Kier alpha value is -1.52. The standard InChI is InChI=1S/C14H23N3O2/c1-9(2)10(3)13-6-16-17-7-12(5-15-11(4)18)8-19-14(13)17/h6,9-10,12H,5,7-8H2,1-4H3,(H,15,18). The molecule has 2 unspecified atom stereocenters. The first-order valence-corrected chi connectivity index (χ1v) is 6.92. The molecule has 1 aromatic rings. The van der Waals surface area contributed by atoms with Crippen LogP contribution in [0.1, 0.15) is 39.2 Å². The van der Waals surface area contributed by atoms with E-state index < -0.39 is 0 Å². The highest BCUT2D eigenvalue weighted by molar-refractivity contribution is 5.72. The average molecular weight is 265 g/mol. The van der Waals surface area contributed by atoms with Gasteiger partial charge in [-0.2, -0.15) is 5.10 Å². The van der Waals surface area contributed by atoms with Crippen molar-refractivity contribution in [3.05, 3.63) is 11.8 Å². The second-order valence-corrected chi connectivity index (χ2v) is 5.73. The third-order valence-corrected chi connectivity index (χ3v) is 3.83. The molecule has 1 N–H and O–H groups in total. The van der Waals surface area contributed by atoms with Crippen LogP contribution in [-0.2, 0) is 11.3 Å². The molecule has 1 amide bonds. The minimum Gasteiger partial charge on any atom is -0.477 e. The lowest BCUT2D eigenvalue weighted by atomic mass is 9.92. The SMILES string of the molecule is CC(=O)NCC1COc2c(C(C)C(C)C)cnn2C1. The Bertz CT molecular complexity index is 454. The number of nitrogens with one attached hydrogen (secondary N) is 1. The van der Waals surface area contributed by atoms with Crippen LogP contribution in [0.4, 0.5) is 0 Å². The quantitative estimate of drug-likeness (QED) is 0.903. The Morgan fingerprint density at radius 1 is 1.58 bits per heavy atom. The molecule has 1 aliphatic heterocycles. The fourth-order valence-electron chi connectivity index (χ4n) is 2.25. The molecule has 0 aromatic carbocycles. The minimum absolute atomic E-state index is 0.000353. The smallest absolute Gasteiger partial charge is 0.216 e. The number of ether oxygens (including phenoxy) is 1. The molecule has 0 saturated carbocycles. The van der Waals surface area contributed by atoms with Gasteiger partial charge in [-0.1, -0.05) is 20.8 Å². The number of hydrogen-bond acceptors (Lipinski definition) is 3. The van der Waals surface area contributed by atoms with E-state index in [2.05, 4.69) is 31.2 Å². The van der Waals surface area contributed by atoms with Crippen molar-refractivity contribution in [2.75, 3.05) is 13.2 Å². The summed E-state index contributed by atoms with van der Waals surface area (Å²) in [5.41, 5.74) is 1.19. The Morgan fingerprint density at radius 2 is 2.32 bits per heavy atom. The van der Waals surface area contributed by atoms with Crippen LogP contribution >= 0.6 is 0 Å².